The Balaban J connectivity index is 2.09. The van der Waals surface area contributed by atoms with Crippen LogP contribution in [0.5, 0.6) is 11.5 Å². The van der Waals surface area contributed by atoms with Crippen molar-refractivity contribution in [3.8, 4) is 11.5 Å². The average Bonchev–Trinajstić information content (AvgIpc) is 2.75. The van der Waals surface area contributed by atoms with Gasteiger partial charge in [-0.05, 0) is 79.3 Å². The summed E-state index contributed by atoms with van der Waals surface area (Å²) in [5, 5.41) is 9.75. The van der Waals surface area contributed by atoms with E-state index in [9.17, 15) is 9.90 Å². The SMILES string of the molecule is CC(C)(C)C(=O)Oc1ccc(C(CCCl)=C(c2ccccc2)c2ccc(O)cc2)cc1. The second-order valence-corrected chi connectivity index (χ2v) is 8.75. The number of carbonyl (C=O) groups excluding carboxylic acids is 1. The van der Waals surface area contributed by atoms with Crippen molar-refractivity contribution in [3.05, 3.63) is 95.6 Å². The van der Waals surface area contributed by atoms with Crippen LogP contribution in [-0.4, -0.2) is 17.0 Å². The predicted octanol–water partition coefficient (Wildman–Crippen LogP) is 6.93. The molecule has 0 fully saturated rings. The lowest BCUT2D eigenvalue weighted by molar-refractivity contribution is -0.142. The zero-order valence-electron chi connectivity index (χ0n) is 18.1. The molecule has 0 bridgehead atoms. The van der Waals surface area contributed by atoms with Crippen LogP contribution in [0, 0.1) is 5.41 Å². The second kappa shape index (κ2) is 9.84. The molecule has 0 heterocycles. The summed E-state index contributed by atoms with van der Waals surface area (Å²) in [4.78, 5) is 12.2. The van der Waals surface area contributed by atoms with Crippen molar-refractivity contribution in [2.45, 2.75) is 27.2 Å². The Labute approximate surface area is 189 Å². The molecule has 3 aromatic carbocycles. The molecule has 0 aromatic heterocycles. The lowest BCUT2D eigenvalue weighted by Crippen LogP contribution is -2.25. The summed E-state index contributed by atoms with van der Waals surface area (Å²) in [5.41, 5.74) is 4.63. The minimum Gasteiger partial charge on any atom is -0.508 e. The largest absolute Gasteiger partial charge is 0.508 e. The maximum Gasteiger partial charge on any atom is 0.316 e. The fraction of sp³-hybridized carbons (Fsp3) is 0.222. The van der Waals surface area contributed by atoms with Gasteiger partial charge in [0.2, 0.25) is 0 Å². The molecule has 0 aliphatic rings. The highest BCUT2D eigenvalue weighted by molar-refractivity contribution is 6.18. The number of hydrogen-bond donors (Lipinski definition) is 1. The lowest BCUT2D eigenvalue weighted by atomic mass is 9.88. The van der Waals surface area contributed by atoms with Crippen LogP contribution in [0.25, 0.3) is 11.1 Å². The van der Waals surface area contributed by atoms with Gasteiger partial charge in [-0.15, -0.1) is 11.6 Å². The van der Waals surface area contributed by atoms with Crippen molar-refractivity contribution in [2.75, 3.05) is 5.88 Å². The second-order valence-electron chi connectivity index (χ2n) is 8.37. The van der Waals surface area contributed by atoms with Gasteiger partial charge in [0, 0.05) is 5.88 Å². The normalized spacial score (nSPS) is 12.3. The number of phenols is 1. The molecular formula is C27H27ClO3. The number of halogens is 1. The van der Waals surface area contributed by atoms with Crippen molar-refractivity contribution in [1.29, 1.82) is 0 Å². The Morgan fingerprint density at radius 3 is 1.94 bits per heavy atom. The third-order valence-corrected chi connectivity index (χ3v) is 5.08. The molecule has 0 saturated carbocycles. The van der Waals surface area contributed by atoms with Crippen LogP contribution in [0.15, 0.2) is 78.9 Å². The molecule has 0 spiro atoms. The highest BCUT2D eigenvalue weighted by Gasteiger charge is 2.23. The number of hydrogen-bond acceptors (Lipinski definition) is 3. The van der Waals surface area contributed by atoms with Gasteiger partial charge in [0.15, 0.2) is 0 Å². The first-order valence-electron chi connectivity index (χ1n) is 10.3. The van der Waals surface area contributed by atoms with E-state index in [0.29, 0.717) is 18.1 Å². The smallest absolute Gasteiger partial charge is 0.316 e. The van der Waals surface area contributed by atoms with E-state index in [1.165, 1.54) is 0 Å². The van der Waals surface area contributed by atoms with Crippen molar-refractivity contribution >= 4 is 28.7 Å². The standard InChI is InChI=1S/C27H27ClO3/c1-27(2,3)26(30)31-23-15-11-19(12-16-23)24(17-18-28)25(20-7-5-4-6-8-20)21-9-13-22(29)14-10-21/h4-16,29H,17-18H2,1-3H3. The molecule has 3 aromatic rings. The maximum absolute atomic E-state index is 12.2. The Morgan fingerprint density at radius 2 is 1.39 bits per heavy atom. The number of ether oxygens (including phenoxy) is 1. The molecular weight excluding hydrogens is 408 g/mol. The summed E-state index contributed by atoms with van der Waals surface area (Å²) in [6, 6.07) is 24.8. The number of benzene rings is 3. The van der Waals surface area contributed by atoms with E-state index in [0.717, 1.165) is 27.8 Å². The number of alkyl halides is 1. The third-order valence-electron chi connectivity index (χ3n) is 4.89. The Morgan fingerprint density at radius 1 is 0.839 bits per heavy atom. The number of carbonyl (C=O) groups is 1. The number of allylic oxidation sites excluding steroid dienone is 1. The topological polar surface area (TPSA) is 46.5 Å². The van der Waals surface area contributed by atoms with Crippen LogP contribution >= 0.6 is 11.6 Å². The van der Waals surface area contributed by atoms with E-state index in [1.54, 1.807) is 12.1 Å². The van der Waals surface area contributed by atoms with Gasteiger partial charge in [-0.2, -0.15) is 0 Å². The van der Waals surface area contributed by atoms with Crippen molar-refractivity contribution < 1.29 is 14.6 Å². The number of rotatable bonds is 6. The first-order chi connectivity index (χ1) is 14.8. The van der Waals surface area contributed by atoms with Gasteiger partial charge >= 0.3 is 5.97 Å². The molecule has 0 amide bonds. The van der Waals surface area contributed by atoms with Gasteiger partial charge < -0.3 is 9.84 Å². The number of aromatic hydroxyl groups is 1. The first-order valence-corrected chi connectivity index (χ1v) is 10.8. The minimum absolute atomic E-state index is 0.222. The number of phenolic OH excluding ortho intramolecular Hbond substituents is 1. The molecule has 31 heavy (non-hydrogen) atoms. The van der Waals surface area contributed by atoms with Gasteiger partial charge in [-0.25, -0.2) is 0 Å². The van der Waals surface area contributed by atoms with Crippen molar-refractivity contribution in [3.63, 3.8) is 0 Å². The summed E-state index contributed by atoms with van der Waals surface area (Å²) in [5.74, 6) is 0.926. The maximum atomic E-state index is 12.2. The van der Waals surface area contributed by atoms with Crippen LogP contribution in [0.1, 0.15) is 43.9 Å². The quantitative estimate of drug-likeness (QED) is 0.198. The predicted molar refractivity (Wildman–Crippen MR) is 127 cm³/mol. The molecule has 0 radical (unpaired) electrons. The molecule has 0 aliphatic carbocycles. The molecule has 3 rings (SSSR count). The van der Waals surface area contributed by atoms with Gasteiger partial charge in [-0.1, -0.05) is 54.6 Å². The van der Waals surface area contributed by atoms with E-state index in [2.05, 4.69) is 12.1 Å². The van der Waals surface area contributed by atoms with Gasteiger partial charge in [0.05, 0.1) is 5.41 Å². The third kappa shape index (κ3) is 5.77. The molecule has 0 unspecified atom stereocenters. The zero-order chi connectivity index (χ0) is 22.4. The van der Waals surface area contributed by atoms with E-state index < -0.39 is 5.41 Å². The summed E-state index contributed by atoms with van der Waals surface area (Å²) in [6.45, 7) is 5.48. The zero-order valence-corrected chi connectivity index (χ0v) is 18.8. The first kappa shape index (κ1) is 22.6. The highest BCUT2D eigenvalue weighted by atomic mass is 35.5. The van der Waals surface area contributed by atoms with Gasteiger partial charge in [0.25, 0.3) is 0 Å². The van der Waals surface area contributed by atoms with E-state index in [4.69, 9.17) is 16.3 Å². The highest BCUT2D eigenvalue weighted by Crippen LogP contribution is 2.36. The monoisotopic (exact) mass is 434 g/mol. The summed E-state index contributed by atoms with van der Waals surface area (Å²) in [7, 11) is 0. The summed E-state index contributed by atoms with van der Waals surface area (Å²) in [6.07, 6.45) is 0.661. The van der Waals surface area contributed by atoms with Crippen LogP contribution in [0.4, 0.5) is 0 Å². The van der Waals surface area contributed by atoms with Crippen molar-refractivity contribution in [2.24, 2.45) is 5.41 Å². The molecule has 0 atom stereocenters. The van der Waals surface area contributed by atoms with E-state index in [1.807, 2.05) is 75.4 Å². The Hall–Kier alpha value is -3.04. The fourth-order valence-corrected chi connectivity index (χ4v) is 3.43. The van der Waals surface area contributed by atoms with E-state index >= 15 is 0 Å². The Kier molecular flexibility index (Phi) is 7.19. The van der Waals surface area contributed by atoms with Gasteiger partial charge in [0.1, 0.15) is 11.5 Å². The average molecular weight is 435 g/mol. The van der Waals surface area contributed by atoms with Crippen LogP contribution in [0.3, 0.4) is 0 Å². The van der Waals surface area contributed by atoms with Crippen LogP contribution < -0.4 is 4.74 Å². The molecule has 1 N–H and O–H groups in total. The molecule has 4 heteroatoms. The van der Waals surface area contributed by atoms with Crippen LogP contribution in [0.2, 0.25) is 0 Å². The fourth-order valence-electron chi connectivity index (χ4n) is 3.24. The van der Waals surface area contributed by atoms with Crippen LogP contribution in [-0.2, 0) is 4.79 Å². The minimum atomic E-state index is -0.568. The summed E-state index contributed by atoms with van der Waals surface area (Å²) < 4.78 is 5.51. The molecule has 0 saturated heterocycles. The Bertz CT molecular complexity index is 1040. The lowest BCUT2D eigenvalue weighted by Gasteiger charge is -2.18. The number of esters is 1. The van der Waals surface area contributed by atoms with E-state index in [-0.39, 0.29) is 11.7 Å². The van der Waals surface area contributed by atoms with Crippen molar-refractivity contribution in [1.82, 2.24) is 0 Å². The molecule has 3 nitrogen and oxygen atoms in total. The van der Waals surface area contributed by atoms with Gasteiger partial charge in [-0.3, -0.25) is 4.79 Å². The molecule has 0 aliphatic heterocycles. The summed E-state index contributed by atoms with van der Waals surface area (Å²) >= 11 is 6.20. The molecule has 160 valence electrons.